The monoisotopic (exact) mass is 369 g/mol. The van der Waals surface area contributed by atoms with Gasteiger partial charge >= 0.3 is 5.97 Å². The number of anilines is 1. The summed E-state index contributed by atoms with van der Waals surface area (Å²) in [6.45, 7) is 6.24. The zero-order valence-electron chi connectivity index (χ0n) is 15.3. The van der Waals surface area contributed by atoms with Gasteiger partial charge in [0.2, 0.25) is 0 Å². The molecule has 136 valence electrons. The highest BCUT2D eigenvalue weighted by atomic mass is 32.1. The van der Waals surface area contributed by atoms with E-state index >= 15 is 0 Å². The van der Waals surface area contributed by atoms with Crippen LogP contribution < -0.4 is 10.7 Å². The average Bonchev–Trinajstić information content (AvgIpc) is 2.58. The molecule has 0 aliphatic heterocycles. The van der Waals surface area contributed by atoms with Crippen molar-refractivity contribution in [3.05, 3.63) is 52.7 Å². The van der Waals surface area contributed by atoms with E-state index in [-0.39, 0.29) is 11.4 Å². The number of rotatable bonds is 5. The third kappa shape index (κ3) is 4.41. The zero-order chi connectivity index (χ0) is 18.7. The lowest BCUT2D eigenvalue weighted by Gasteiger charge is -2.19. The highest BCUT2D eigenvalue weighted by molar-refractivity contribution is 7.24. The minimum Gasteiger partial charge on any atom is -0.460 e. The third-order valence-electron chi connectivity index (χ3n) is 3.88. The summed E-state index contributed by atoms with van der Waals surface area (Å²) in [6, 6.07) is 13.5. The fourth-order valence-electron chi connectivity index (χ4n) is 2.77. The molecular weight excluding hydrogens is 346 g/mol. The first-order valence-corrected chi connectivity index (χ1v) is 9.56. The van der Waals surface area contributed by atoms with E-state index < -0.39 is 5.60 Å². The van der Waals surface area contributed by atoms with E-state index in [1.165, 1.54) is 0 Å². The average molecular weight is 369 g/mol. The van der Waals surface area contributed by atoms with Crippen LogP contribution in [0.25, 0.3) is 20.2 Å². The molecule has 4 nitrogen and oxygen atoms in total. The third-order valence-corrected chi connectivity index (χ3v) is 5.03. The molecule has 5 heteroatoms. The molecule has 0 amide bonds. The molecule has 0 aliphatic carbocycles. The van der Waals surface area contributed by atoms with Gasteiger partial charge in [-0.3, -0.25) is 9.59 Å². The van der Waals surface area contributed by atoms with Crippen molar-refractivity contribution in [3.63, 3.8) is 0 Å². The lowest BCUT2D eigenvalue weighted by atomic mass is 10.1. The number of benzene rings is 2. The summed E-state index contributed by atoms with van der Waals surface area (Å²) in [7, 11) is 0. The van der Waals surface area contributed by atoms with Crippen LogP contribution in [0.3, 0.4) is 0 Å². The second-order valence-corrected chi connectivity index (χ2v) is 8.34. The van der Waals surface area contributed by atoms with E-state index in [2.05, 4.69) is 5.32 Å². The summed E-state index contributed by atoms with van der Waals surface area (Å²) in [5.41, 5.74) is 0.505. The van der Waals surface area contributed by atoms with Gasteiger partial charge in [-0.15, -0.1) is 11.3 Å². The molecule has 0 fully saturated rings. The molecule has 1 N–H and O–H groups in total. The number of hydrogen-bond donors (Lipinski definition) is 1. The van der Waals surface area contributed by atoms with Gasteiger partial charge in [-0.05, 0) is 57.5 Å². The number of fused-ring (bicyclic) bond motifs is 2. The van der Waals surface area contributed by atoms with Crippen LogP contribution in [-0.4, -0.2) is 18.1 Å². The van der Waals surface area contributed by atoms with Crippen LogP contribution in [0.1, 0.15) is 33.6 Å². The van der Waals surface area contributed by atoms with Crippen molar-refractivity contribution in [1.29, 1.82) is 0 Å². The number of hydrogen-bond acceptors (Lipinski definition) is 5. The van der Waals surface area contributed by atoms with E-state index in [9.17, 15) is 9.59 Å². The first-order chi connectivity index (χ1) is 12.3. The standard InChI is InChI=1S/C21H23NO3S/c1-21(2,3)25-19(23)9-6-12-22-14-10-11-18-16(13-14)20(24)15-7-4-5-8-17(15)26-18/h4-5,7-8,10-11,13,22H,6,9,12H2,1-3H3. The summed E-state index contributed by atoms with van der Waals surface area (Å²) in [5.74, 6) is -0.187. The maximum Gasteiger partial charge on any atom is 0.306 e. The Hall–Kier alpha value is -2.40. The van der Waals surface area contributed by atoms with Gasteiger partial charge in [-0.25, -0.2) is 0 Å². The van der Waals surface area contributed by atoms with Crippen LogP contribution in [0.15, 0.2) is 47.3 Å². The molecule has 0 aliphatic rings. The molecule has 0 saturated heterocycles. The lowest BCUT2D eigenvalue weighted by molar-refractivity contribution is -0.154. The van der Waals surface area contributed by atoms with Gasteiger partial charge in [-0.2, -0.15) is 0 Å². The van der Waals surface area contributed by atoms with Gasteiger partial charge in [-0.1, -0.05) is 12.1 Å². The molecule has 0 bridgehead atoms. The maximum absolute atomic E-state index is 12.7. The highest BCUT2D eigenvalue weighted by Gasteiger charge is 2.15. The molecule has 0 radical (unpaired) electrons. The summed E-state index contributed by atoms with van der Waals surface area (Å²) in [4.78, 5) is 24.4. The topological polar surface area (TPSA) is 55.4 Å². The van der Waals surface area contributed by atoms with Crippen LogP contribution in [0.2, 0.25) is 0 Å². The molecule has 3 aromatic rings. The highest BCUT2D eigenvalue weighted by Crippen LogP contribution is 2.26. The normalized spacial score (nSPS) is 11.7. The van der Waals surface area contributed by atoms with Gasteiger partial charge in [0, 0.05) is 38.8 Å². The van der Waals surface area contributed by atoms with Crippen LogP contribution >= 0.6 is 11.3 Å². The van der Waals surface area contributed by atoms with Crippen molar-refractivity contribution < 1.29 is 9.53 Å². The molecule has 1 aromatic heterocycles. The molecule has 0 unspecified atom stereocenters. The maximum atomic E-state index is 12.7. The minimum absolute atomic E-state index is 0.0618. The second-order valence-electron chi connectivity index (χ2n) is 7.26. The van der Waals surface area contributed by atoms with E-state index in [0.29, 0.717) is 19.4 Å². The zero-order valence-corrected chi connectivity index (χ0v) is 16.1. The Bertz CT molecular complexity index is 1000. The number of nitrogens with one attached hydrogen (secondary N) is 1. The SMILES string of the molecule is CC(C)(C)OC(=O)CCCNc1ccc2sc3ccccc3c(=O)c2c1. The minimum atomic E-state index is -0.447. The van der Waals surface area contributed by atoms with Crippen molar-refractivity contribution in [2.45, 2.75) is 39.2 Å². The van der Waals surface area contributed by atoms with Gasteiger partial charge in [0.1, 0.15) is 5.60 Å². The summed E-state index contributed by atoms with van der Waals surface area (Å²) < 4.78 is 7.28. The molecule has 2 aromatic carbocycles. The Kier molecular flexibility index (Phi) is 5.28. The van der Waals surface area contributed by atoms with Gasteiger partial charge < -0.3 is 10.1 Å². The fraction of sp³-hybridized carbons (Fsp3) is 0.333. The Morgan fingerprint density at radius 1 is 1.08 bits per heavy atom. The van der Waals surface area contributed by atoms with Crippen molar-refractivity contribution >= 4 is 43.2 Å². The van der Waals surface area contributed by atoms with Crippen molar-refractivity contribution in [2.24, 2.45) is 0 Å². The van der Waals surface area contributed by atoms with Gasteiger partial charge in [0.15, 0.2) is 5.43 Å². The molecule has 0 saturated carbocycles. The summed E-state index contributed by atoms with van der Waals surface area (Å²) in [5, 5.41) is 4.77. The molecule has 0 spiro atoms. The summed E-state index contributed by atoms with van der Waals surface area (Å²) in [6.07, 6.45) is 1.05. The smallest absolute Gasteiger partial charge is 0.306 e. The fourth-order valence-corrected chi connectivity index (χ4v) is 3.82. The molecular formula is C21H23NO3S. The van der Waals surface area contributed by atoms with Crippen LogP contribution in [-0.2, 0) is 9.53 Å². The number of carbonyl (C=O) groups is 1. The molecule has 3 rings (SSSR count). The van der Waals surface area contributed by atoms with Crippen molar-refractivity contribution in [2.75, 3.05) is 11.9 Å². The summed E-state index contributed by atoms with van der Waals surface area (Å²) >= 11 is 1.62. The van der Waals surface area contributed by atoms with Crippen molar-refractivity contribution in [3.8, 4) is 0 Å². The molecule has 0 atom stereocenters. The molecule has 26 heavy (non-hydrogen) atoms. The number of ether oxygens (including phenoxy) is 1. The van der Waals surface area contributed by atoms with Crippen LogP contribution in [0.4, 0.5) is 5.69 Å². The number of esters is 1. The van der Waals surface area contributed by atoms with E-state index in [1.54, 1.807) is 11.3 Å². The van der Waals surface area contributed by atoms with Crippen molar-refractivity contribution in [1.82, 2.24) is 0 Å². The predicted octanol–water partition coefficient (Wildman–Crippen LogP) is 4.95. The first-order valence-electron chi connectivity index (χ1n) is 8.75. The predicted molar refractivity (Wildman–Crippen MR) is 109 cm³/mol. The Morgan fingerprint density at radius 3 is 2.58 bits per heavy atom. The molecule has 1 heterocycles. The van der Waals surface area contributed by atoms with Crippen LogP contribution in [0.5, 0.6) is 0 Å². The van der Waals surface area contributed by atoms with E-state index in [4.69, 9.17) is 4.74 Å². The van der Waals surface area contributed by atoms with E-state index in [1.807, 2.05) is 63.2 Å². The second kappa shape index (κ2) is 7.46. The number of carbonyl (C=O) groups excluding carboxylic acids is 1. The van der Waals surface area contributed by atoms with E-state index in [0.717, 1.165) is 25.9 Å². The first kappa shape index (κ1) is 18.4. The van der Waals surface area contributed by atoms with Gasteiger partial charge in [0.05, 0.1) is 0 Å². The quantitative estimate of drug-likeness (QED) is 0.393. The van der Waals surface area contributed by atoms with Crippen LogP contribution in [0, 0.1) is 0 Å². The Labute approximate surface area is 156 Å². The van der Waals surface area contributed by atoms with Gasteiger partial charge in [0.25, 0.3) is 0 Å². The lowest BCUT2D eigenvalue weighted by Crippen LogP contribution is -2.24. The Morgan fingerprint density at radius 2 is 1.81 bits per heavy atom. The largest absolute Gasteiger partial charge is 0.460 e. The Balaban J connectivity index is 1.68.